The fourth-order valence-corrected chi connectivity index (χ4v) is 3.85. The van der Waals surface area contributed by atoms with Crippen LogP contribution in [0.5, 0.6) is 0 Å². The van der Waals surface area contributed by atoms with Crippen molar-refractivity contribution in [1.82, 2.24) is 5.32 Å². The first kappa shape index (κ1) is 20.9. The first-order valence-electron chi connectivity index (χ1n) is 8.88. The number of nitriles is 1. The van der Waals surface area contributed by atoms with Crippen LogP contribution in [0.15, 0.2) is 59.3 Å². The van der Waals surface area contributed by atoms with Crippen molar-refractivity contribution in [2.75, 3.05) is 6.61 Å². The highest BCUT2D eigenvalue weighted by molar-refractivity contribution is 6.35. The summed E-state index contributed by atoms with van der Waals surface area (Å²) in [6.45, 7) is 3.49. The number of hydrogen-bond donors (Lipinski definition) is 1. The van der Waals surface area contributed by atoms with Crippen LogP contribution in [0.2, 0.25) is 10.0 Å². The van der Waals surface area contributed by atoms with Crippen LogP contribution in [-0.2, 0) is 9.53 Å². The zero-order chi connectivity index (χ0) is 21.1. The molecule has 0 amide bonds. The summed E-state index contributed by atoms with van der Waals surface area (Å²) in [6, 6.07) is 13.1. The molecule has 29 heavy (non-hydrogen) atoms. The van der Waals surface area contributed by atoms with Crippen molar-refractivity contribution < 1.29 is 13.9 Å². The molecule has 0 bridgehead atoms. The number of allylic oxidation sites excluding steroid dienone is 2. The molecule has 4 nitrogen and oxygen atoms in total. The van der Waals surface area contributed by atoms with Crippen molar-refractivity contribution in [3.8, 4) is 6.07 Å². The zero-order valence-corrected chi connectivity index (χ0v) is 17.2. The van der Waals surface area contributed by atoms with Gasteiger partial charge in [-0.3, -0.25) is 0 Å². The van der Waals surface area contributed by atoms with Gasteiger partial charge in [0.2, 0.25) is 0 Å². The highest BCUT2D eigenvalue weighted by Crippen LogP contribution is 2.44. The largest absolute Gasteiger partial charge is 0.463 e. The predicted octanol–water partition coefficient (Wildman–Crippen LogP) is 5.59. The van der Waals surface area contributed by atoms with Gasteiger partial charge in [0, 0.05) is 21.3 Å². The summed E-state index contributed by atoms with van der Waals surface area (Å²) in [7, 11) is 0. The number of nitrogens with one attached hydrogen (secondary N) is 1. The fraction of sp³-hybridized carbons (Fsp3) is 0.182. The molecule has 0 saturated heterocycles. The lowest BCUT2D eigenvalue weighted by molar-refractivity contribution is -0.138. The molecular formula is C22H17Cl2FN2O2. The summed E-state index contributed by atoms with van der Waals surface area (Å²) < 4.78 is 19.9. The van der Waals surface area contributed by atoms with Gasteiger partial charge in [-0.1, -0.05) is 41.4 Å². The fourth-order valence-electron chi connectivity index (χ4n) is 3.33. The summed E-state index contributed by atoms with van der Waals surface area (Å²) in [5.74, 6) is -2.00. The Morgan fingerprint density at radius 3 is 2.62 bits per heavy atom. The molecule has 1 heterocycles. The van der Waals surface area contributed by atoms with Crippen molar-refractivity contribution in [3.05, 3.63) is 86.3 Å². The van der Waals surface area contributed by atoms with Crippen LogP contribution in [0.25, 0.3) is 5.70 Å². The van der Waals surface area contributed by atoms with E-state index in [1.54, 1.807) is 44.2 Å². The molecule has 1 unspecified atom stereocenters. The minimum Gasteiger partial charge on any atom is -0.463 e. The van der Waals surface area contributed by atoms with E-state index in [2.05, 4.69) is 11.4 Å². The average Bonchev–Trinajstić information content (AvgIpc) is 2.68. The number of hydrogen-bond acceptors (Lipinski definition) is 4. The number of rotatable bonds is 4. The van der Waals surface area contributed by atoms with Gasteiger partial charge in [0.1, 0.15) is 5.82 Å². The van der Waals surface area contributed by atoms with E-state index in [9.17, 15) is 14.4 Å². The first-order chi connectivity index (χ1) is 13.9. The maximum absolute atomic E-state index is 14.6. The van der Waals surface area contributed by atoms with Crippen molar-refractivity contribution in [1.29, 1.82) is 5.26 Å². The van der Waals surface area contributed by atoms with Gasteiger partial charge in [0.05, 0.1) is 35.4 Å². The summed E-state index contributed by atoms with van der Waals surface area (Å²) in [4.78, 5) is 13.0. The molecular weight excluding hydrogens is 414 g/mol. The highest BCUT2D eigenvalue weighted by atomic mass is 35.5. The predicted molar refractivity (Wildman–Crippen MR) is 111 cm³/mol. The van der Waals surface area contributed by atoms with Crippen molar-refractivity contribution in [2.45, 2.75) is 19.8 Å². The van der Waals surface area contributed by atoms with E-state index >= 15 is 0 Å². The minimum atomic E-state index is -0.834. The summed E-state index contributed by atoms with van der Waals surface area (Å²) in [6.07, 6.45) is 0. The number of benzene rings is 2. The third-order valence-electron chi connectivity index (χ3n) is 4.60. The summed E-state index contributed by atoms with van der Waals surface area (Å²) in [5, 5.41) is 13.5. The monoisotopic (exact) mass is 430 g/mol. The number of dihydropyridines is 1. The molecule has 0 aromatic heterocycles. The molecule has 1 N–H and O–H groups in total. The Balaban J connectivity index is 2.35. The number of ether oxygens (including phenoxy) is 1. The number of esters is 1. The van der Waals surface area contributed by atoms with Crippen molar-refractivity contribution >= 4 is 34.9 Å². The lowest BCUT2D eigenvalue weighted by Crippen LogP contribution is -2.29. The molecule has 2 aromatic rings. The van der Waals surface area contributed by atoms with Crippen LogP contribution in [0.1, 0.15) is 30.9 Å². The van der Waals surface area contributed by atoms with Gasteiger partial charge in [0.25, 0.3) is 0 Å². The van der Waals surface area contributed by atoms with Crippen LogP contribution in [0.4, 0.5) is 4.39 Å². The SMILES string of the molecule is CCOC(=O)C1=C(c2ccccc2F)NC(C)=C(C#N)C1c1ccc(Cl)cc1Cl. The Morgan fingerprint density at radius 1 is 1.28 bits per heavy atom. The molecule has 1 aliphatic heterocycles. The maximum atomic E-state index is 14.6. The normalized spacial score (nSPS) is 16.3. The van der Waals surface area contributed by atoms with E-state index in [0.717, 1.165) is 0 Å². The molecule has 0 aliphatic carbocycles. The lowest BCUT2D eigenvalue weighted by atomic mass is 9.79. The van der Waals surface area contributed by atoms with E-state index in [1.165, 1.54) is 12.1 Å². The third kappa shape index (κ3) is 4.00. The average molecular weight is 431 g/mol. The van der Waals surface area contributed by atoms with Crippen molar-refractivity contribution in [2.24, 2.45) is 0 Å². The molecule has 1 atom stereocenters. The van der Waals surface area contributed by atoms with Gasteiger partial charge in [-0.05, 0) is 43.7 Å². The van der Waals surface area contributed by atoms with E-state index < -0.39 is 17.7 Å². The summed E-state index contributed by atoms with van der Waals surface area (Å²) >= 11 is 12.4. The van der Waals surface area contributed by atoms with Crippen LogP contribution in [-0.4, -0.2) is 12.6 Å². The smallest absolute Gasteiger partial charge is 0.337 e. The standard InChI is InChI=1S/C22H17Cl2FN2O2/c1-3-29-22(28)20-19(14-9-8-13(23)10-17(14)24)16(11-26)12(2)27-21(20)15-6-4-5-7-18(15)25/h4-10,19,27H,3H2,1-2H3. The third-order valence-corrected chi connectivity index (χ3v) is 5.16. The van der Waals surface area contributed by atoms with E-state index in [0.29, 0.717) is 21.3 Å². The van der Waals surface area contributed by atoms with Crippen LogP contribution in [0.3, 0.4) is 0 Å². The molecule has 2 aromatic carbocycles. The Hall–Kier alpha value is -2.81. The van der Waals surface area contributed by atoms with E-state index in [-0.39, 0.29) is 29.0 Å². The van der Waals surface area contributed by atoms with Crippen LogP contribution >= 0.6 is 23.2 Å². The molecule has 0 saturated carbocycles. The quantitative estimate of drug-likeness (QED) is 0.641. The molecule has 0 radical (unpaired) electrons. The second-order valence-corrected chi connectivity index (χ2v) is 7.21. The Labute approximate surface area is 178 Å². The highest BCUT2D eigenvalue weighted by Gasteiger charge is 2.37. The summed E-state index contributed by atoms with van der Waals surface area (Å²) in [5.41, 5.74) is 1.84. The second kappa shape index (κ2) is 8.69. The van der Waals surface area contributed by atoms with E-state index in [1.807, 2.05) is 0 Å². The second-order valence-electron chi connectivity index (χ2n) is 6.36. The zero-order valence-electron chi connectivity index (χ0n) is 15.7. The number of nitrogens with zero attached hydrogens (tertiary/aromatic N) is 1. The molecule has 0 fully saturated rings. The lowest BCUT2D eigenvalue weighted by Gasteiger charge is -2.30. The van der Waals surface area contributed by atoms with Crippen molar-refractivity contribution in [3.63, 3.8) is 0 Å². The number of carbonyl (C=O) groups excluding carboxylic acids is 1. The Kier molecular flexibility index (Phi) is 6.26. The Bertz CT molecular complexity index is 1090. The Morgan fingerprint density at radius 2 is 2.00 bits per heavy atom. The van der Waals surface area contributed by atoms with Gasteiger partial charge in [-0.15, -0.1) is 0 Å². The molecule has 1 aliphatic rings. The molecule has 148 valence electrons. The maximum Gasteiger partial charge on any atom is 0.337 e. The van der Waals surface area contributed by atoms with Gasteiger partial charge in [-0.2, -0.15) is 5.26 Å². The van der Waals surface area contributed by atoms with Gasteiger partial charge in [-0.25, -0.2) is 9.18 Å². The van der Waals surface area contributed by atoms with Gasteiger partial charge >= 0.3 is 5.97 Å². The van der Waals surface area contributed by atoms with Crippen LogP contribution in [0, 0.1) is 17.1 Å². The molecule has 7 heteroatoms. The van der Waals surface area contributed by atoms with E-state index in [4.69, 9.17) is 27.9 Å². The van der Waals surface area contributed by atoms with Gasteiger partial charge in [0.15, 0.2) is 0 Å². The number of carbonyl (C=O) groups is 1. The number of halogens is 3. The minimum absolute atomic E-state index is 0.114. The molecule has 0 spiro atoms. The van der Waals surface area contributed by atoms with Gasteiger partial charge < -0.3 is 10.1 Å². The first-order valence-corrected chi connectivity index (χ1v) is 9.63. The topological polar surface area (TPSA) is 62.1 Å². The van der Waals surface area contributed by atoms with Crippen LogP contribution < -0.4 is 5.32 Å². The molecule has 3 rings (SSSR count).